The summed E-state index contributed by atoms with van der Waals surface area (Å²) in [5.74, 6) is -0.267. The highest BCUT2D eigenvalue weighted by Crippen LogP contribution is 2.40. The number of nitrogens with two attached hydrogens (primary N) is 1. The number of nitrogens with zero attached hydrogens (tertiary/aromatic N) is 3. The van der Waals surface area contributed by atoms with Crippen LogP contribution in [-0.4, -0.2) is 31.1 Å². The van der Waals surface area contributed by atoms with E-state index in [1.165, 1.54) is 12.1 Å². The number of ether oxygens (including phenoxy) is 2. The van der Waals surface area contributed by atoms with Gasteiger partial charge in [-0.15, -0.1) is 10.2 Å². The van der Waals surface area contributed by atoms with Crippen molar-refractivity contribution < 1.29 is 9.47 Å². The Bertz CT molecular complexity index is 1610. The SMILES string of the molecule is Nc1nn(-c2cc(Cl)c(Oc3cc(C4CC(OCc5ccccc5)C4)c(=O)[nH]n3)c(Cl)c2)c(=O)[nH]c1=O. The van der Waals surface area contributed by atoms with Gasteiger partial charge in [0.2, 0.25) is 11.7 Å². The van der Waals surface area contributed by atoms with Crippen LogP contribution in [0.1, 0.15) is 29.9 Å². The van der Waals surface area contributed by atoms with Gasteiger partial charge in [-0.05, 0) is 36.5 Å². The molecule has 37 heavy (non-hydrogen) atoms. The Hall–Kier alpha value is -3.93. The van der Waals surface area contributed by atoms with Gasteiger partial charge in [0.05, 0.1) is 28.4 Å². The number of hydrogen-bond donors (Lipinski definition) is 3. The first kappa shape index (κ1) is 24.8. The molecule has 4 aromatic rings. The van der Waals surface area contributed by atoms with Gasteiger partial charge in [0.25, 0.3) is 11.1 Å². The molecule has 0 amide bonds. The fourth-order valence-corrected chi connectivity index (χ4v) is 4.51. The highest BCUT2D eigenvalue weighted by atomic mass is 35.5. The molecule has 0 aliphatic heterocycles. The summed E-state index contributed by atoms with van der Waals surface area (Å²) >= 11 is 12.7. The van der Waals surface area contributed by atoms with Gasteiger partial charge >= 0.3 is 5.69 Å². The van der Waals surface area contributed by atoms with Crippen molar-refractivity contribution in [3.63, 3.8) is 0 Å². The summed E-state index contributed by atoms with van der Waals surface area (Å²) in [7, 11) is 0. The molecule has 0 unspecified atom stereocenters. The molecule has 4 N–H and O–H groups in total. The highest BCUT2D eigenvalue weighted by molar-refractivity contribution is 6.37. The lowest BCUT2D eigenvalue weighted by atomic mass is 9.78. The number of halogens is 2. The molecule has 1 aliphatic carbocycles. The predicted octanol–water partition coefficient (Wildman–Crippen LogP) is 3.15. The van der Waals surface area contributed by atoms with E-state index in [4.69, 9.17) is 38.4 Å². The first-order chi connectivity index (χ1) is 17.8. The molecule has 13 heteroatoms. The van der Waals surface area contributed by atoms with E-state index < -0.39 is 17.1 Å². The molecule has 1 aliphatic rings. The fraction of sp³-hybridized carbons (Fsp3) is 0.208. The van der Waals surface area contributed by atoms with Crippen LogP contribution in [0, 0.1) is 0 Å². The van der Waals surface area contributed by atoms with Crippen molar-refractivity contribution in [2.45, 2.75) is 31.5 Å². The van der Waals surface area contributed by atoms with Gasteiger partial charge in [-0.3, -0.25) is 14.6 Å². The van der Waals surface area contributed by atoms with Crippen molar-refractivity contribution in [2.75, 3.05) is 5.73 Å². The van der Waals surface area contributed by atoms with Crippen molar-refractivity contribution in [2.24, 2.45) is 0 Å². The number of nitrogens with one attached hydrogen (secondary N) is 2. The zero-order valence-electron chi connectivity index (χ0n) is 19.1. The first-order valence-electron chi connectivity index (χ1n) is 11.2. The van der Waals surface area contributed by atoms with Crippen LogP contribution in [0.25, 0.3) is 5.69 Å². The monoisotopic (exact) mass is 542 g/mol. The van der Waals surface area contributed by atoms with Gasteiger partial charge in [0.15, 0.2) is 5.75 Å². The molecule has 2 heterocycles. The Morgan fingerprint density at radius 3 is 2.43 bits per heavy atom. The van der Waals surface area contributed by atoms with Gasteiger partial charge in [0.1, 0.15) is 0 Å². The number of H-pyrrole nitrogens is 2. The summed E-state index contributed by atoms with van der Waals surface area (Å²) in [4.78, 5) is 38.1. The largest absolute Gasteiger partial charge is 0.434 e. The van der Waals surface area contributed by atoms with E-state index >= 15 is 0 Å². The van der Waals surface area contributed by atoms with Crippen LogP contribution in [0.2, 0.25) is 10.0 Å². The van der Waals surface area contributed by atoms with Crippen molar-refractivity contribution in [3.8, 4) is 17.3 Å². The number of aromatic nitrogens is 5. The van der Waals surface area contributed by atoms with E-state index in [1.54, 1.807) is 6.07 Å². The molecule has 0 spiro atoms. The van der Waals surface area contributed by atoms with Crippen LogP contribution in [0.15, 0.2) is 62.9 Å². The van der Waals surface area contributed by atoms with E-state index in [2.05, 4.69) is 15.3 Å². The van der Waals surface area contributed by atoms with Gasteiger partial charge in [-0.2, -0.15) is 4.68 Å². The number of hydrogen-bond acceptors (Lipinski definition) is 8. The number of benzene rings is 2. The minimum absolute atomic E-state index is 0.00756. The summed E-state index contributed by atoms with van der Waals surface area (Å²) < 4.78 is 12.6. The van der Waals surface area contributed by atoms with E-state index in [1.807, 2.05) is 35.3 Å². The van der Waals surface area contributed by atoms with Gasteiger partial charge < -0.3 is 15.2 Å². The molecule has 190 valence electrons. The highest BCUT2D eigenvalue weighted by Gasteiger charge is 2.33. The molecule has 2 aromatic carbocycles. The number of rotatable bonds is 7. The number of anilines is 1. The maximum atomic E-state index is 12.4. The van der Waals surface area contributed by atoms with Crippen LogP contribution in [-0.2, 0) is 11.3 Å². The van der Waals surface area contributed by atoms with Gasteiger partial charge in [-0.25, -0.2) is 9.89 Å². The summed E-state index contributed by atoms with van der Waals surface area (Å²) in [6.07, 6.45) is 1.44. The average Bonchev–Trinajstić information content (AvgIpc) is 2.85. The second kappa shape index (κ2) is 10.2. The van der Waals surface area contributed by atoms with Crippen molar-refractivity contribution in [1.82, 2.24) is 25.0 Å². The lowest BCUT2D eigenvalue weighted by Gasteiger charge is -2.34. The van der Waals surface area contributed by atoms with E-state index in [0.29, 0.717) is 25.0 Å². The summed E-state index contributed by atoms with van der Waals surface area (Å²) in [5.41, 5.74) is 5.33. The van der Waals surface area contributed by atoms with E-state index in [0.717, 1.165) is 10.2 Å². The average molecular weight is 543 g/mol. The van der Waals surface area contributed by atoms with Crippen LogP contribution in [0.4, 0.5) is 5.82 Å². The van der Waals surface area contributed by atoms with Crippen molar-refractivity contribution in [1.29, 1.82) is 0 Å². The minimum atomic E-state index is -0.821. The normalized spacial score (nSPS) is 16.8. The molecule has 0 saturated heterocycles. The molecule has 11 nitrogen and oxygen atoms in total. The third kappa shape index (κ3) is 5.29. The molecule has 2 aromatic heterocycles. The molecule has 1 saturated carbocycles. The van der Waals surface area contributed by atoms with Crippen LogP contribution < -0.4 is 27.3 Å². The van der Waals surface area contributed by atoms with Crippen molar-refractivity contribution in [3.05, 3.63) is 101 Å². The Morgan fingerprint density at radius 1 is 1.03 bits per heavy atom. The smallest absolute Gasteiger partial charge is 0.349 e. The number of aromatic amines is 2. The second-order valence-electron chi connectivity index (χ2n) is 8.47. The maximum absolute atomic E-state index is 12.4. The molecular formula is C24H20Cl2N6O5. The lowest BCUT2D eigenvalue weighted by molar-refractivity contribution is -0.0210. The third-order valence-electron chi connectivity index (χ3n) is 5.96. The van der Waals surface area contributed by atoms with Gasteiger partial charge in [0, 0.05) is 11.6 Å². The quantitative estimate of drug-likeness (QED) is 0.321. The molecular weight excluding hydrogens is 523 g/mol. The van der Waals surface area contributed by atoms with Crippen LogP contribution >= 0.6 is 23.2 Å². The molecule has 0 atom stereocenters. The van der Waals surface area contributed by atoms with Gasteiger partial charge in [-0.1, -0.05) is 53.5 Å². The standard InChI is InChI=1S/C24H20Cl2N6O5/c25-17-8-14(32-24(35)28-23(34)21(27)31-32)9-18(26)20(17)37-19-10-16(22(33)30-29-19)13-6-15(7-13)36-11-12-4-2-1-3-5-12/h1-5,8-10,13,15H,6-7,11H2,(H2,27,31)(H,30,33)(H,28,34,35). The molecule has 1 fully saturated rings. The third-order valence-corrected chi connectivity index (χ3v) is 6.52. The Balaban J connectivity index is 1.31. The van der Waals surface area contributed by atoms with Crippen molar-refractivity contribution >= 4 is 29.0 Å². The Morgan fingerprint density at radius 2 is 1.73 bits per heavy atom. The fourth-order valence-electron chi connectivity index (χ4n) is 3.96. The van der Waals surface area contributed by atoms with Crippen LogP contribution in [0.3, 0.4) is 0 Å². The zero-order chi connectivity index (χ0) is 26.1. The summed E-state index contributed by atoms with van der Waals surface area (Å²) in [6.45, 7) is 0.513. The first-order valence-corrected chi connectivity index (χ1v) is 12.0. The van der Waals surface area contributed by atoms with Crippen LogP contribution in [0.5, 0.6) is 11.6 Å². The Labute approximate surface area is 218 Å². The summed E-state index contributed by atoms with van der Waals surface area (Å²) in [5, 5.41) is 10.2. The summed E-state index contributed by atoms with van der Waals surface area (Å²) in [6, 6.07) is 14.2. The molecule has 0 radical (unpaired) electrons. The number of nitrogen functional groups attached to an aromatic ring is 1. The zero-order valence-corrected chi connectivity index (χ0v) is 20.6. The maximum Gasteiger partial charge on any atom is 0.349 e. The lowest BCUT2D eigenvalue weighted by Crippen LogP contribution is -2.33. The molecule has 5 rings (SSSR count). The molecule has 0 bridgehead atoms. The van der Waals surface area contributed by atoms with E-state index in [9.17, 15) is 14.4 Å². The Kier molecular flexibility index (Phi) is 6.83. The van der Waals surface area contributed by atoms with E-state index in [-0.39, 0.29) is 44.9 Å². The topological polar surface area (TPSA) is 158 Å². The predicted molar refractivity (Wildman–Crippen MR) is 137 cm³/mol. The minimum Gasteiger partial charge on any atom is -0.434 e. The second-order valence-corrected chi connectivity index (χ2v) is 9.29.